The molecule has 1 saturated heterocycles. The number of likely N-dealkylation sites (tertiary alicyclic amines) is 1. The van der Waals surface area contributed by atoms with Crippen molar-refractivity contribution in [2.75, 3.05) is 32.7 Å². The van der Waals surface area contributed by atoms with Crippen molar-refractivity contribution in [1.82, 2.24) is 10.2 Å². The van der Waals surface area contributed by atoms with Gasteiger partial charge in [0, 0.05) is 19.6 Å². The maximum absolute atomic E-state index is 3.53. The lowest BCUT2D eigenvalue weighted by Crippen LogP contribution is -2.41. The molecule has 1 rings (SSSR count). The van der Waals surface area contributed by atoms with E-state index in [0.717, 1.165) is 19.0 Å². The topological polar surface area (TPSA) is 15.3 Å². The highest BCUT2D eigenvalue weighted by atomic mass is 15.2. The van der Waals surface area contributed by atoms with Gasteiger partial charge in [0.05, 0.1) is 0 Å². The SMILES string of the molecule is CCNCC(C)(CC)CN1CCC(C(C)(C)C)C1. The van der Waals surface area contributed by atoms with Gasteiger partial charge in [-0.25, -0.2) is 0 Å². The van der Waals surface area contributed by atoms with Gasteiger partial charge in [-0.1, -0.05) is 41.5 Å². The largest absolute Gasteiger partial charge is 0.316 e. The summed E-state index contributed by atoms with van der Waals surface area (Å²) in [5.41, 5.74) is 0.905. The van der Waals surface area contributed by atoms with E-state index in [1.807, 2.05) is 0 Å². The van der Waals surface area contributed by atoms with Gasteiger partial charge in [0.15, 0.2) is 0 Å². The summed E-state index contributed by atoms with van der Waals surface area (Å²) in [6.45, 7) is 20.2. The Morgan fingerprint density at radius 1 is 1.17 bits per heavy atom. The van der Waals surface area contributed by atoms with Gasteiger partial charge >= 0.3 is 0 Å². The molecule has 0 radical (unpaired) electrons. The van der Waals surface area contributed by atoms with E-state index in [9.17, 15) is 0 Å². The Morgan fingerprint density at radius 3 is 2.28 bits per heavy atom. The van der Waals surface area contributed by atoms with Gasteiger partial charge in [0.2, 0.25) is 0 Å². The van der Waals surface area contributed by atoms with Crippen LogP contribution in [-0.4, -0.2) is 37.6 Å². The lowest BCUT2D eigenvalue weighted by atomic mass is 9.80. The van der Waals surface area contributed by atoms with Crippen molar-refractivity contribution in [2.24, 2.45) is 16.7 Å². The van der Waals surface area contributed by atoms with Crippen LogP contribution >= 0.6 is 0 Å². The molecule has 2 nitrogen and oxygen atoms in total. The number of nitrogens with zero attached hydrogens (tertiary/aromatic N) is 1. The van der Waals surface area contributed by atoms with Crippen LogP contribution in [0.15, 0.2) is 0 Å². The minimum Gasteiger partial charge on any atom is -0.316 e. The van der Waals surface area contributed by atoms with Crippen molar-refractivity contribution in [3.63, 3.8) is 0 Å². The standard InChI is InChI=1S/C16H34N2/c1-7-16(6,12-17-8-2)13-18-10-9-14(11-18)15(3,4)5/h14,17H,7-13H2,1-6H3. The molecule has 1 heterocycles. The van der Waals surface area contributed by atoms with Crippen LogP contribution in [-0.2, 0) is 0 Å². The molecule has 2 unspecified atom stereocenters. The van der Waals surface area contributed by atoms with Gasteiger partial charge in [-0.2, -0.15) is 0 Å². The molecule has 1 aliphatic rings. The molecule has 2 heteroatoms. The third kappa shape index (κ3) is 4.55. The molecule has 18 heavy (non-hydrogen) atoms. The zero-order valence-corrected chi connectivity index (χ0v) is 13.5. The van der Waals surface area contributed by atoms with Gasteiger partial charge in [0.1, 0.15) is 0 Å². The van der Waals surface area contributed by atoms with Crippen LogP contribution in [0.5, 0.6) is 0 Å². The van der Waals surface area contributed by atoms with Crippen molar-refractivity contribution in [1.29, 1.82) is 0 Å². The van der Waals surface area contributed by atoms with Crippen LogP contribution in [0.3, 0.4) is 0 Å². The number of hydrogen-bond donors (Lipinski definition) is 1. The first-order valence-electron chi connectivity index (χ1n) is 7.74. The van der Waals surface area contributed by atoms with E-state index in [4.69, 9.17) is 0 Å². The van der Waals surface area contributed by atoms with Gasteiger partial charge in [-0.15, -0.1) is 0 Å². The van der Waals surface area contributed by atoms with Crippen molar-refractivity contribution >= 4 is 0 Å². The summed E-state index contributed by atoms with van der Waals surface area (Å²) in [5, 5.41) is 3.53. The van der Waals surface area contributed by atoms with E-state index < -0.39 is 0 Å². The van der Waals surface area contributed by atoms with Crippen LogP contribution in [0, 0.1) is 16.7 Å². The summed E-state index contributed by atoms with van der Waals surface area (Å²) in [6.07, 6.45) is 2.64. The Kier molecular flexibility index (Phi) is 5.67. The minimum atomic E-state index is 0.433. The zero-order valence-electron chi connectivity index (χ0n) is 13.5. The average molecular weight is 254 g/mol. The molecule has 2 atom stereocenters. The lowest BCUT2D eigenvalue weighted by Gasteiger charge is -2.34. The monoisotopic (exact) mass is 254 g/mol. The van der Waals surface area contributed by atoms with Gasteiger partial charge in [0.25, 0.3) is 0 Å². The molecular formula is C16H34N2. The van der Waals surface area contributed by atoms with Gasteiger partial charge < -0.3 is 10.2 Å². The number of hydrogen-bond acceptors (Lipinski definition) is 2. The molecule has 1 aliphatic heterocycles. The van der Waals surface area contributed by atoms with Crippen molar-refractivity contribution in [3.05, 3.63) is 0 Å². The molecule has 0 aromatic carbocycles. The van der Waals surface area contributed by atoms with Crippen LogP contribution in [0.25, 0.3) is 0 Å². The quantitative estimate of drug-likeness (QED) is 0.782. The van der Waals surface area contributed by atoms with Crippen LogP contribution in [0.4, 0.5) is 0 Å². The van der Waals surface area contributed by atoms with Crippen molar-refractivity contribution in [2.45, 2.75) is 54.4 Å². The zero-order chi connectivity index (χ0) is 13.8. The minimum absolute atomic E-state index is 0.433. The van der Waals surface area contributed by atoms with Crippen molar-refractivity contribution < 1.29 is 0 Å². The fourth-order valence-electron chi connectivity index (χ4n) is 2.94. The lowest BCUT2D eigenvalue weighted by molar-refractivity contribution is 0.161. The maximum Gasteiger partial charge on any atom is 0.00475 e. The van der Waals surface area contributed by atoms with E-state index in [2.05, 4.69) is 51.8 Å². The average Bonchev–Trinajstić information content (AvgIpc) is 2.74. The smallest absolute Gasteiger partial charge is 0.00475 e. The highest BCUT2D eigenvalue weighted by Crippen LogP contribution is 2.35. The molecule has 0 aromatic rings. The normalized spacial score (nSPS) is 25.3. The van der Waals surface area contributed by atoms with Gasteiger partial charge in [-0.3, -0.25) is 0 Å². The summed E-state index contributed by atoms with van der Waals surface area (Å²) in [4.78, 5) is 2.69. The van der Waals surface area contributed by atoms with Crippen molar-refractivity contribution in [3.8, 4) is 0 Å². The molecule has 0 aromatic heterocycles. The summed E-state index contributed by atoms with van der Waals surface area (Å²) >= 11 is 0. The summed E-state index contributed by atoms with van der Waals surface area (Å²) in [7, 11) is 0. The van der Waals surface area contributed by atoms with E-state index in [0.29, 0.717) is 10.8 Å². The first kappa shape index (κ1) is 16.0. The van der Waals surface area contributed by atoms with E-state index in [-0.39, 0.29) is 0 Å². The third-order valence-electron chi connectivity index (χ3n) is 4.76. The number of rotatable bonds is 6. The second kappa shape index (κ2) is 6.38. The molecule has 1 N–H and O–H groups in total. The van der Waals surface area contributed by atoms with Crippen LogP contribution < -0.4 is 5.32 Å². The Hall–Kier alpha value is -0.0800. The molecule has 0 saturated carbocycles. The Morgan fingerprint density at radius 2 is 1.83 bits per heavy atom. The molecule has 0 aliphatic carbocycles. The summed E-state index contributed by atoms with van der Waals surface area (Å²) in [6, 6.07) is 0. The molecule has 0 bridgehead atoms. The Bertz CT molecular complexity index is 244. The van der Waals surface area contributed by atoms with E-state index in [1.165, 1.54) is 32.5 Å². The van der Waals surface area contributed by atoms with Crippen LogP contribution in [0.2, 0.25) is 0 Å². The Labute approximate surface area is 115 Å². The number of nitrogens with one attached hydrogen (secondary N) is 1. The first-order chi connectivity index (χ1) is 8.30. The molecule has 0 spiro atoms. The fourth-order valence-corrected chi connectivity index (χ4v) is 2.94. The molecule has 1 fully saturated rings. The first-order valence-corrected chi connectivity index (χ1v) is 7.74. The van der Waals surface area contributed by atoms with E-state index >= 15 is 0 Å². The second-order valence-corrected chi connectivity index (χ2v) is 7.53. The summed E-state index contributed by atoms with van der Waals surface area (Å²) < 4.78 is 0. The molecule has 0 amide bonds. The predicted molar refractivity (Wildman–Crippen MR) is 80.9 cm³/mol. The third-order valence-corrected chi connectivity index (χ3v) is 4.76. The Balaban J connectivity index is 2.47. The van der Waals surface area contributed by atoms with Crippen LogP contribution in [0.1, 0.15) is 54.4 Å². The van der Waals surface area contributed by atoms with E-state index in [1.54, 1.807) is 0 Å². The molecule has 108 valence electrons. The highest BCUT2D eigenvalue weighted by molar-refractivity contribution is 4.87. The molecular weight excluding hydrogens is 220 g/mol. The van der Waals surface area contributed by atoms with Gasteiger partial charge in [-0.05, 0) is 42.7 Å². The maximum atomic E-state index is 3.53. The predicted octanol–water partition coefficient (Wildman–Crippen LogP) is 3.38. The second-order valence-electron chi connectivity index (χ2n) is 7.53. The highest BCUT2D eigenvalue weighted by Gasteiger charge is 2.34. The summed E-state index contributed by atoms with van der Waals surface area (Å²) in [5.74, 6) is 0.873. The fraction of sp³-hybridized carbons (Fsp3) is 1.00.